The number of oxazole rings is 1. The van der Waals surface area contributed by atoms with Gasteiger partial charge in [-0.1, -0.05) is 11.6 Å². The van der Waals surface area contributed by atoms with Gasteiger partial charge in [0.2, 0.25) is 5.89 Å². The van der Waals surface area contributed by atoms with Gasteiger partial charge in [0.25, 0.3) is 0 Å². The van der Waals surface area contributed by atoms with E-state index in [-0.39, 0.29) is 17.0 Å². The molecule has 0 saturated carbocycles. The molecule has 6 heteroatoms. The van der Waals surface area contributed by atoms with Crippen molar-refractivity contribution < 1.29 is 13.5 Å². The summed E-state index contributed by atoms with van der Waals surface area (Å²) in [7, 11) is 0. The van der Waals surface area contributed by atoms with Gasteiger partial charge in [-0.25, -0.2) is 9.37 Å². The lowest BCUT2D eigenvalue weighted by molar-refractivity contribution is 0.188. The molecule has 1 aliphatic rings. The third-order valence-corrected chi connectivity index (χ3v) is 3.15. The van der Waals surface area contributed by atoms with Crippen molar-refractivity contribution in [3.63, 3.8) is 0 Å². The van der Waals surface area contributed by atoms with E-state index in [4.69, 9.17) is 26.5 Å². The summed E-state index contributed by atoms with van der Waals surface area (Å²) < 4.78 is 23.9. The van der Waals surface area contributed by atoms with Gasteiger partial charge in [-0.2, -0.15) is 0 Å². The maximum atomic E-state index is 13.1. The first-order valence-corrected chi connectivity index (χ1v) is 5.62. The van der Waals surface area contributed by atoms with Crippen LogP contribution in [0.25, 0.3) is 11.1 Å². The lowest BCUT2D eigenvalue weighted by Crippen LogP contribution is -2.26. The highest BCUT2D eigenvalue weighted by atomic mass is 35.5. The predicted octanol–water partition coefficient (Wildman–Crippen LogP) is 2.06. The lowest BCUT2D eigenvalue weighted by Gasteiger charge is -2.07. The SMILES string of the molecule is NC1COCC1c1nc2cc(F)cc(Cl)c2o1. The summed E-state index contributed by atoms with van der Waals surface area (Å²) in [6.45, 7) is 0.944. The average Bonchev–Trinajstić information content (AvgIpc) is 2.83. The molecule has 1 aliphatic heterocycles. The largest absolute Gasteiger partial charge is 0.439 e. The first-order chi connectivity index (χ1) is 8.15. The molecular weight excluding hydrogens is 247 g/mol. The van der Waals surface area contributed by atoms with E-state index in [1.165, 1.54) is 12.1 Å². The quantitative estimate of drug-likeness (QED) is 0.848. The van der Waals surface area contributed by atoms with Crippen molar-refractivity contribution in [1.29, 1.82) is 0 Å². The Morgan fingerprint density at radius 1 is 1.41 bits per heavy atom. The lowest BCUT2D eigenvalue weighted by atomic mass is 10.1. The number of fused-ring (bicyclic) bond motifs is 1. The molecule has 2 N–H and O–H groups in total. The molecule has 90 valence electrons. The molecule has 0 amide bonds. The van der Waals surface area contributed by atoms with Gasteiger partial charge in [-0.15, -0.1) is 0 Å². The Hall–Kier alpha value is -1.17. The summed E-state index contributed by atoms with van der Waals surface area (Å²) in [5, 5.41) is 0.214. The molecule has 0 bridgehead atoms. The van der Waals surface area contributed by atoms with E-state index in [9.17, 15) is 4.39 Å². The molecular formula is C11H10ClFN2O2. The highest BCUT2D eigenvalue weighted by molar-refractivity contribution is 6.34. The number of benzene rings is 1. The molecule has 2 heterocycles. The highest BCUT2D eigenvalue weighted by Gasteiger charge is 2.31. The second kappa shape index (κ2) is 3.94. The van der Waals surface area contributed by atoms with Crippen molar-refractivity contribution in [2.24, 2.45) is 5.73 Å². The van der Waals surface area contributed by atoms with Gasteiger partial charge in [0.1, 0.15) is 11.3 Å². The molecule has 2 atom stereocenters. The van der Waals surface area contributed by atoms with Gasteiger partial charge in [0.15, 0.2) is 5.58 Å². The molecule has 0 spiro atoms. The second-order valence-corrected chi connectivity index (χ2v) is 4.50. The molecule has 2 aromatic rings. The van der Waals surface area contributed by atoms with Crippen molar-refractivity contribution in [1.82, 2.24) is 4.98 Å². The van der Waals surface area contributed by atoms with Gasteiger partial charge in [-0.3, -0.25) is 0 Å². The zero-order valence-corrected chi connectivity index (χ0v) is 9.58. The fourth-order valence-electron chi connectivity index (χ4n) is 1.96. The van der Waals surface area contributed by atoms with E-state index in [1.807, 2.05) is 0 Å². The minimum absolute atomic E-state index is 0.0958. The number of halogens is 2. The Morgan fingerprint density at radius 2 is 2.24 bits per heavy atom. The fourth-order valence-corrected chi connectivity index (χ4v) is 2.20. The standard InChI is InChI=1S/C11H10ClFN2O2/c12-7-1-5(13)2-9-10(7)17-11(15-9)6-3-16-4-8(6)14/h1-2,6,8H,3-4,14H2. The summed E-state index contributed by atoms with van der Waals surface area (Å²) in [5.74, 6) is -0.0756. The first kappa shape index (κ1) is 11.0. The second-order valence-electron chi connectivity index (χ2n) is 4.10. The predicted molar refractivity (Wildman–Crippen MR) is 60.5 cm³/mol. The Balaban J connectivity index is 2.10. The van der Waals surface area contributed by atoms with Crippen molar-refractivity contribution in [2.45, 2.75) is 12.0 Å². The van der Waals surface area contributed by atoms with Gasteiger partial charge in [-0.05, 0) is 6.07 Å². The fraction of sp³-hybridized carbons (Fsp3) is 0.364. The molecule has 17 heavy (non-hydrogen) atoms. The van der Waals surface area contributed by atoms with Crippen LogP contribution in [-0.2, 0) is 4.74 Å². The van der Waals surface area contributed by atoms with E-state index < -0.39 is 5.82 Å². The van der Waals surface area contributed by atoms with Crippen molar-refractivity contribution >= 4 is 22.7 Å². The van der Waals surface area contributed by atoms with Gasteiger partial charge < -0.3 is 14.9 Å². The molecule has 1 saturated heterocycles. The summed E-state index contributed by atoms with van der Waals surface area (Å²) >= 11 is 5.88. The van der Waals surface area contributed by atoms with Crippen LogP contribution in [0.4, 0.5) is 4.39 Å². The van der Waals surface area contributed by atoms with Crippen molar-refractivity contribution in [3.05, 3.63) is 28.9 Å². The Kier molecular flexibility index (Phi) is 2.54. The smallest absolute Gasteiger partial charge is 0.202 e. The Bertz CT molecular complexity index is 572. The number of nitrogens with two attached hydrogens (primary N) is 1. The first-order valence-electron chi connectivity index (χ1n) is 5.24. The van der Waals surface area contributed by atoms with Crippen molar-refractivity contribution in [2.75, 3.05) is 13.2 Å². The third kappa shape index (κ3) is 1.80. The van der Waals surface area contributed by atoms with E-state index in [0.717, 1.165) is 0 Å². The molecule has 3 rings (SSSR count). The maximum Gasteiger partial charge on any atom is 0.202 e. The van der Waals surface area contributed by atoms with E-state index >= 15 is 0 Å². The summed E-state index contributed by atoms with van der Waals surface area (Å²) in [6.07, 6.45) is 0. The van der Waals surface area contributed by atoms with Crippen LogP contribution in [0.3, 0.4) is 0 Å². The molecule has 4 nitrogen and oxygen atoms in total. The Morgan fingerprint density at radius 3 is 2.94 bits per heavy atom. The van der Waals surface area contributed by atoms with Gasteiger partial charge >= 0.3 is 0 Å². The number of hydrogen-bond donors (Lipinski definition) is 1. The summed E-state index contributed by atoms with van der Waals surface area (Å²) in [4.78, 5) is 4.22. The highest BCUT2D eigenvalue weighted by Crippen LogP contribution is 2.31. The van der Waals surface area contributed by atoms with Crippen LogP contribution in [0.2, 0.25) is 5.02 Å². The number of rotatable bonds is 1. The van der Waals surface area contributed by atoms with Crippen LogP contribution in [0.5, 0.6) is 0 Å². The molecule has 0 radical (unpaired) electrons. The number of hydrogen-bond acceptors (Lipinski definition) is 4. The maximum absolute atomic E-state index is 13.1. The third-order valence-electron chi connectivity index (χ3n) is 2.87. The molecule has 1 aromatic carbocycles. The topological polar surface area (TPSA) is 61.3 Å². The van der Waals surface area contributed by atoms with Crippen LogP contribution >= 0.6 is 11.6 Å². The van der Waals surface area contributed by atoms with Crippen LogP contribution < -0.4 is 5.73 Å². The van der Waals surface area contributed by atoms with Gasteiger partial charge in [0, 0.05) is 12.1 Å². The molecule has 1 aromatic heterocycles. The summed E-state index contributed by atoms with van der Waals surface area (Å²) in [5.41, 5.74) is 6.67. The van der Waals surface area contributed by atoms with Gasteiger partial charge in [0.05, 0.1) is 24.2 Å². The monoisotopic (exact) mass is 256 g/mol. The minimum Gasteiger partial charge on any atom is -0.439 e. The molecule has 0 aliphatic carbocycles. The molecule has 2 unspecified atom stereocenters. The van der Waals surface area contributed by atoms with Crippen molar-refractivity contribution in [3.8, 4) is 0 Å². The normalized spacial score (nSPS) is 24.6. The number of nitrogens with zero attached hydrogens (tertiary/aromatic N) is 1. The minimum atomic E-state index is -0.436. The van der Waals surface area contributed by atoms with Crippen LogP contribution in [0.15, 0.2) is 16.5 Å². The van der Waals surface area contributed by atoms with E-state index in [0.29, 0.717) is 30.2 Å². The number of aromatic nitrogens is 1. The average molecular weight is 257 g/mol. The van der Waals surface area contributed by atoms with Crippen LogP contribution in [0.1, 0.15) is 11.8 Å². The zero-order chi connectivity index (χ0) is 12.0. The van der Waals surface area contributed by atoms with Crippen LogP contribution in [0, 0.1) is 5.82 Å². The Labute approximate surface area is 102 Å². The zero-order valence-electron chi connectivity index (χ0n) is 8.82. The summed E-state index contributed by atoms with van der Waals surface area (Å²) in [6, 6.07) is 2.34. The van der Waals surface area contributed by atoms with E-state index in [2.05, 4.69) is 4.98 Å². The van der Waals surface area contributed by atoms with Crippen LogP contribution in [-0.4, -0.2) is 24.2 Å². The number of ether oxygens (including phenoxy) is 1. The van der Waals surface area contributed by atoms with E-state index in [1.54, 1.807) is 0 Å². The molecule has 1 fully saturated rings.